The van der Waals surface area contributed by atoms with Crippen LogP contribution in [0.25, 0.3) is 0 Å². The van der Waals surface area contributed by atoms with Crippen molar-refractivity contribution in [3.05, 3.63) is 5.82 Å². The molecule has 4 rings (SSSR count). The van der Waals surface area contributed by atoms with E-state index >= 15 is 0 Å². The lowest BCUT2D eigenvalue weighted by atomic mass is 9.84. The van der Waals surface area contributed by atoms with E-state index in [2.05, 4.69) is 15.5 Å². The predicted octanol–water partition coefficient (Wildman–Crippen LogP) is 0.919. The molecule has 3 fully saturated rings. The molecule has 0 atom stereocenters. The maximum absolute atomic E-state index is 12.8. The van der Waals surface area contributed by atoms with E-state index in [9.17, 15) is 9.59 Å². The number of tetrazole rings is 1. The Kier molecular flexibility index (Phi) is 4.07. The van der Waals surface area contributed by atoms with Gasteiger partial charge in [0, 0.05) is 26.2 Å². The van der Waals surface area contributed by atoms with Crippen molar-refractivity contribution in [3.63, 3.8) is 0 Å². The summed E-state index contributed by atoms with van der Waals surface area (Å²) < 4.78 is 7.13. The van der Waals surface area contributed by atoms with Crippen LogP contribution in [0.3, 0.4) is 0 Å². The van der Waals surface area contributed by atoms with Crippen LogP contribution in [0.15, 0.2) is 0 Å². The maximum Gasteiger partial charge on any atom is 0.236 e. The Morgan fingerprint density at radius 2 is 1.92 bits per heavy atom. The summed E-state index contributed by atoms with van der Waals surface area (Å²) in [6.45, 7) is 2.45. The molecule has 0 unspecified atom stereocenters. The summed E-state index contributed by atoms with van der Waals surface area (Å²) in [4.78, 5) is 26.5. The van der Waals surface area contributed by atoms with E-state index in [1.165, 1.54) is 4.90 Å². The molecule has 3 aliphatic rings. The number of aromatic nitrogens is 4. The summed E-state index contributed by atoms with van der Waals surface area (Å²) in [7, 11) is 0. The van der Waals surface area contributed by atoms with Crippen LogP contribution in [0, 0.1) is 11.3 Å². The van der Waals surface area contributed by atoms with Crippen molar-refractivity contribution in [1.82, 2.24) is 25.1 Å². The lowest BCUT2D eigenvalue weighted by Gasteiger charge is -2.23. The van der Waals surface area contributed by atoms with Crippen LogP contribution >= 0.6 is 0 Å². The van der Waals surface area contributed by atoms with Crippen LogP contribution in [0.1, 0.15) is 50.8 Å². The van der Waals surface area contributed by atoms with Gasteiger partial charge in [0.25, 0.3) is 0 Å². The van der Waals surface area contributed by atoms with E-state index in [1.54, 1.807) is 4.68 Å². The van der Waals surface area contributed by atoms with Crippen LogP contribution in [0.5, 0.6) is 0 Å². The largest absolute Gasteiger partial charge is 0.381 e. The fourth-order valence-electron chi connectivity index (χ4n) is 4.26. The SMILES string of the molecule is O=C1CC2(CCCC2)C(=O)N1Cc1nnnn1CC1CCOCC1. The Labute approximate surface area is 140 Å². The summed E-state index contributed by atoms with van der Waals surface area (Å²) in [5.74, 6) is 0.971. The minimum Gasteiger partial charge on any atom is -0.381 e. The monoisotopic (exact) mass is 333 g/mol. The Bertz CT molecular complexity index is 631. The predicted molar refractivity (Wildman–Crippen MR) is 82.4 cm³/mol. The van der Waals surface area contributed by atoms with E-state index in [0.29, 0.717) is 24.7 Å². The number of ether oxygens (including phenoxy) is 1. The van der Waals surface area contributed by atoms with E-state index in [0.717, 1.165) is 51.7 Å². The summed E-state index contributed by atoms with van der Waals surface area (Å²) in [5.41, 5.74) is -0.434. The smallest absolute Gasteiger partial charge is 0.236 e. The Morgan fingerprint density at radius 1 is 1.17 bits per heavy atom. The molecular weight excluding hydrogens is 310 g/mol. The second-order valence-corrected chi connectivity index (χ2v) is 7.28. The van der Waals surface area contributed by atoms with Gasteiger partial charge in [-0.2, -0.15) is 0 Å². The summed E-state index contributed by atoms with van der Waals surface area (Å²) in [6.07, 6.45) is 6.08. The molecule has 1 saturated carbocycles. The maximum atomic E-state index is 12.8. The van der Waals surface area contributed by atoms with Crippen LogP contribution in [0.4, 0.5) is 0 Å². The highest BCUT2D eigenvalue weighted by Crippen LogP contribution is 2.47. The molecule has 1 aromatic heterocycles. The average Bonchev–Trinajstić information content (AvgIpc) is 3.28. The number of carbonyl (C=O) groups is 2. The first-order valence-electron chi connectivity index (χ1n) is 8.85. The summed E-state index contributed by atoms with van der Waals surface area (Å²) in [6, 6.07) is 0. The molecule has 8 nitrogen and oxygen atoms in total. The normalized spacial score (nSPS) is 24.4. The fourth-order valence-corrected chi connectivity index (χ4v) is 4.26. The van der Waals surface area contributed by atoms with Crippen LogP contribution in [0.2, 0.25) is 0 Å². The highest BCUT2D eigenvalue weighted by molar-refractivity contribution is 6.05. The Balaban J connectivity index is 1.46. The van der Waals surface area contributed by atoms with Gasteiger partial charge in [0.15, 0.2) is 5.82 Å². The first-order chi connectivity index (χ1) is 11.7. The van der Waals surface area contributed by atoms with Gasteiger partial charge in [0.2, 0.25) is 11.8 Å². The van der Waals surface area contributed by atoms with Gasteiger partial charge in [0.05, 0.1) is 12.0 Å². The minimum atomic E-state index is -0.434. The lowest BCUT2D eigenvalue weighted by Crippen LogP contribution is -2.35. The molecule has 24 heavy (non-hydrogen) atoms. The van der Waals surface area contributed by atoms with Crippen LogP contribution < -0.4 is 0 Å². The molecule has 0 aromatic carbocycles. The van der Waals surface area contributed by atoms with E-state index in [-0.39, 0.29) is 18.4 Å². The number of imide groups is 1. The van der Waals surface area contributed by atoms with Gasteiger partial charge in [-0.15, -0.1) is 5.10 Å². The minimum absolute atomic E-state index is 0.0226. The standard InChI is InChI=1S/C16H23N5O3/c22-14-9-16(5-1-2-6-16)15(23)20(14)11-13-17-18-19-21(13)10-12-3-7-24-8-4-12/h12H,1-11H2. The van der Waals surface area contributed by atoms with Crippen molar-refractivity contribution in [2.45, 2.75) is 58.0 Å². The number of amides is 2. The molecule has 1 aromatic rings. The van der Waals surface area contributed by atoms with Crippen molar-refractivity contribution >= 4 is 11.8 Å². The third kappa shape index (κ3) is 2.72. The van der Waals surface area contributed by atoms with Crippen LogP contribution in [-0.4, -0.2) is 50.1 Å². The molecule has 1 spiro atoms. The van der Waals surface area contributed by atoms with Gasteiger partial charge in [-0.05, 0) is 42.0 Å². The topological polar surface area (TPSA) is 90.2 Å². The highest BCUT2D eigenvalue weighted by Gasteiger charge is 2.52. The number of carbonyl (C=O) groups excluding carboxylic acids is 2. The highest BCUT2D eigenvalue weighted by atomic mass is 16.5. The van der Waals surface area contributed by atoms with Gasteiger partial charge in [0.1, 0.15) is 0 Å². The van der Waals surface area contributed by atoms with Gasteiger partial charge in [-0.25, -0.2) is 4.68 Å². The van der Waals surface area contributed by atoms with Gasteiger partial charge in [-0.3, -0.25) is 14.5 Å². The average molecular weight is 333 g/mol. The summed E-state index contributed by atoms with van der Waals surface area (Å²) >= 11 is 0. The summed E-state index contributed by atoms with van der Waals surface area (Å²) in [5, 5.41) is 11.9. The zero-order chi connectivity index (χ0) is 16.6. The Morgan fingerprint density at radius 3 is 2.67 bits per heavy atom. The zero-order valence-corrected chi connectivity index (χ0v) is 13.8. The lowest BCUT2D eigenvalue weighted by molar-refractivity contribution is -0.142. The molecule has 0 N–H and O–H groups in total. The van der Waals surface area contributed by atoms with Gasteiger partial charge in [-0.1, -0.05) is 12.8 Å². The number of likely N-dealkylation sites (tertiary alicyclic amines) is 1. The fraction of sp³-hybridized carbons (Fsp3) is 0.812. The van der Waals surface area contributed by atoms with Crippen molar-refractivity contribution in [2.24, 2.45) is 11.3 Å². The molecule has 2 amide bonds. The van der Waals surface area contributed by atoms with Crippen molar-refractivity contribution < 1.29 is 14.3 Å². The molecule has 2 aliphatic heterocycles. The quantitative estimate of drug-likeness (QED) is 0.761. The molecule has 0 bridgehead atoms. The first-order valence-corrected chi connectivity index (χ1v) is 8.85. The third-order valence-corrected chi connectivity index (χ3v) is 5.73. The number of hydrogen-bond donors (Lipinski definition) is 0. The third-order valence-electron chi connectivity index (χ3n) is 5.73. The van der Waals surface area contributed by atoms with Crippen molar-refractivity contribution in [2.75, 3.05) is 13.2 Å². The van der Waals surface area contributed by atoms with Gasteiger partial charge < -0.3 is 4.74 Å². The van der Waals surface area contributed by atoms with E-state index in [1.807, 2.05) is 0 Å². The molecule has 3 heterocycles. The van der Waals surface area contributed by atoms with Crippen molar-refractivity contribution in [1.29, 1.82) is 0 Å². The molecular formula is C16H23N5O3. The Hall–Kier alpha value is -1.83. The number of hydrogen-bond acceptors (Lipinski definition) is 6. The molecule has 1 aliphatic carbocycles. The van der Waals surface area contributed by atoms with E-state index < -0.39 is 5.41 Å². The molecule has 2 saturated heterocycles. The van der Waals surface area contributed by atoms with Crippen molar-refractivity contribution in [3.8, 4) is 0 Å². The number of rotatable bonds is 4. The second-order valence-electron chi connectivity index (χ2n) is 7.28. The van der Waals surface area contributed by atoms with Gasteiger partial charge >= 0.3 is 0 Å². The molecule has 8 heteroatoms. The zero-order valence-electron chi connectivity index (χ0n) is 13.8. The number of nitrogens with zero attached hydrogens (tertiary/aromatic N) is 5. The van der Waals surface area contributed by atoms with E-state index in [4.69, 9.17) is 4.74 Å². The first kappa shape index (κ1) is 15.7. The molecule has 130 valence electrons. The second kappa shape index (κ2) is 6.23. The molecule has 0 radical (unpaired) electrons. The van der Waals surface area contributed by atoms with Crippen LogP contribution in [-0.2, 0) is 27.4 Å².